The van der Waals surface area contributed by atoms with Gasteiger partial charge in [-0.3, -0.25) is 0 Å². The number of benzene rings is 6. The number of para-hydroxylation sites is 3. The van der Waals surface area contributed by atoms with Crippen LogP contribution in [0.2, 0.25) is 0 Å². The number of ether oxygens (including phenoxy) is 1. The molecule has 0 saturated heterocycles. The van der Waals surface area contributed by atoms with Gasteiger partial charge in [-0.05, 0) is 70.8 Å². The Hall–Kier alpha value is -5.08. The van der Waals surface area contributed by atoms with E-state index in [1.54, 1.807) is 0 Å². The fourth-order valence-electron chi connectivity index (χ4n) is 6.51. The van der Waals surface area contributed by atoms with Crippen LogP contribution in [0.25, 0.3) is 49.7 Å². The lowest BCUT2D eigenvalue weighted by molar-refractivity contribution is 0.418. The molecular weight excluding hydrogens is 498 g/mol. The molecule has 196 valence electrons. The molecular formula is C39H29NO. The van der Waals surface area contributed by atoms with Gasteiger partial charge in [-0.2, -0.15) is 0 Å². The zero-order chi connectivity index (χ0) is 27.6. The molecule has 0 fully saturated rings. The summed E-state index contributed by atoms with van der Waals surface area (Å²) in [6, 6.07) is 50.0. The highest BCUT2D eigenvalue weighted by Crippen LogP contribution is 2.48. The third-order valence-corrected chi connectivity index (χ3v) is 8.65. The summed E-state index contributed by atoms with van der Waals surface area (Å²) in [6.07, 6.45) is 0. The summed E-state index contributed by atoms with van der Waals surface area (Å²) >= 11 is 0. The van der Waals surface area contributed by atoms with Gasteiger partial charge < -0.3 is 9.30 Å². The second-order valence-electron chi connectivity index (χ2n) is 11.4. The second-order valence-corrected chi connectivity index (χ2v) is 11.4. The standard InChI is InChI=1S/C39H29NO/c1-39(2)33-16-7-9-18-37(33)41-38-22-20-28(24-34(38)39)26-11-10-12-27(23-26)29-19-21-32-31-15-6-8-17-35(31)40(36(32)25-29)30-13-4-3-5-14-30/h3-25H,1-2H3. The first-order valence-corrected chi connectivity index (χ1v) is 14.2. The van der Waals surface area contributed by atoms with Crippen molar-refractivity contribution in [2.75, 3.05) is 0 Å². The van der Waals surface area contributed by atoms with Gasteiger partial charge in [0.15, 0.2) is 0 Å². The largest absolute Gasteiger partial charge is 0.457 e. The number of aromatic nitrogens is 1. The van der Waals surface area contributed by atoms with Gasteiger partial charge in [0.2, 0.25) is 0 Å². The molecule has 0 atom stereocenters. The Bertz CT molecular complexity index is 2100. The van der Waals surface area contributed by atoms with Crippen LogP contribution >= 0.6 is 0 Å². The van der Waals surface area contributed by atoms with E-state index in [1.165, 1.54) is 60.9 Å². The third-order valence-electron chi connectivity index (χ3n) is 8.65. The SMILES string of the molecule is CC1(C)c2ccccc2Oc2ccc(-c3cccc(-c4ccc5c6ccccc6n(-c6ccccc6)c5c4)c3)cc21. The zero-order valence-electron chi connectivity index (χ0n) is 23.1. The van der Waals surface area contributed by atoms with Crippen molar-refractivity contribution in [1.29, 1.82) is 0 Å². The molecule has 2 nitrogen and oxygen atoms in total. The van der Waals surface area contributed by atoms with Crippen molar-refractivity contribution >= 4 is 21.8 Å². The monoisotopic (exact) mass is 527 g/mol. The van der Waals surface area contributed by atoms with Gasteiger partial charge in [-0.25, -0.2) is 0 Å². The first-order chi connectivity index (χ1) is 20.1. The number of hydrogen-bond acceptors (Lipinski definition) is 1. The molecule has 0 N–H and O–H groups in total. The maximum absolute atomic E-state index is 6.31. The highest BCUT2D eigenvalue weighted by Gasteiger charge is 2.34. The Morgan fingerprint density at radius 2 is 1.10 bits per heavy atom. The van der Waals surface area contributed by atoms with Crippen molar-refractivity contribution in [3.63, 3.8) is 0 Å². The maximum Gasteiger partial charge on any atom is 0.131 e. The molecule has 8 rings (SSSR count). The molecule has 1 aromatic heterocycles. The average molecular weight is 528 g/mol. The van der Waals surface area contributed by atoms with Crippen molar-refractivity contribution < 1.29 is 4.74 Å². The van der Waals surface area contributed by atoms with Gasteiger partial charge in [0.25, 0.3) is 0 Å². The van der Waals surface area contributed by atoms with E-state index >= 15 is 0 Å². The summed E-state index contributed by atoms with van der Waals surface area (Å²) in [7, 11) is 0. The fourth-order valence-corrected chi connectivity index (χ4v) is 6.51. The van der Waals surface area contributed by atoms with Crippen molar-refractivity contribution in [3.8, 4) is 39.4 Å². The molecule has 0 saturated carbocycles. The van der Waals surface area contributed by atoms with E-state index in [4.69, 9.17) is 4.74 Å². The summed E-state index contributed by atoms with van der Waals surface area (Å²) < 4.78 is 8.68. The molecule has 2 heteroatoms. The average Bonchev–Trinajstić information content (AvgIpc) is 3.35. The third kappa shape index (κ3) is 3.72. The summed E-state index contributed by atoms with van der Waals surface area (Å²) in [4.78, 5) is 0. The predicted octanol–water partition coefficient (Wildman–Crippen LogP) is 10.5. The van der Waals surface area contributed by atoms with Crippen LogP contribution in [0.3, 0.4) is 0 Å². The first-order valence-electron chi connectivity index (χ1n) is 14.2. The van der Waals surface area contributed by atoms with E-state index in [0.29, 0.717) is 0 Å². The minimum Gasteiger partial charge on any atom is -0.457 e. The van der Waals surface area contributed by atoms with Crippen LogP contribution in [0.1, 0.15) is 25.0 Å². The lowest BCUT2D eigenvalue weighted by Gasteiger charge is -2.34. The van der Waals surface area contributed by atoms with E-state index < -0.39 is 0 Å². The van der Waals surface area contributed by atoms with Gasteiger partial charge >= 0.3 is 0 Å². The quantitative estimate of drug-likeness (QED) is 0.223. The van der Waals surface area contributed by atoms with E-state index in [1.807, 2.05) is 6.07 Å². The van der Waals surface area contributed by atoms with Gasteiger partial charge in [0.05, 0.1) is 11.0 Å². The minimum absolute atomic E-state index is 0.145. The molecule has 41 heavy (non-hydrogen) atoms. The van der Waals surface area contributed by atoms with Gasteiger partial charge in [0.1, 0.15) is 11.5 Å². The molecule has 1 aliphatic heterocycles. The summed E-state index contributed by atoms with van der Waals surface area (Å²) in [5.74, 6) is 1.89. The van der Waals surface area contributed by atoms with Crippen LogP contribution in [0, 0.1) is 0 Å². The number of fused-ring (bicyclic) bond motifs is 5. The number of nitrogens with zero attached hydrogens (tertiary/aromatic N) is 1. The minimum atomic E-state index is -0.145. The fraction of sp³-hybridized carbons (Fsp3) is 0.0769. The number of hydrogen-bond donors (Lipinski definition) is 0. The molecule has 0 spiro atoms. The zero-order valence-corrected chi connectivity index (χ0v) is 23.1. The van der Waals surface area contributed by atoms with Crippen molar-refractivity contribution in [1.82, 2.24) is 4.57 Å². The predicted molar refractivity (Wildman–Crippen MR) is 170 cm³/mol. The summed E-state index contributed by atoms with van der Waals surface area (Å²) in [5, 5.41) is 2.54. The topological polar surface area (TPSA) is 14.2 Å². The van der Waals surface area contributed by atoms with Crippen molar-refractivity contribution in [2.24, 2.45) is 0 Å². The van der Waals surface area contributed by atoms with Gasteiger partial charge in [-0.1, -0.05) is 105 Å². The molecule has 0 bridgehead atoms. The highest BCUT2D eigenvalue weighted by atomic mass is 16.5. The van der Waals surface area contributed by atoms with Crippen LogP contribution in [-0.4, -0.2) is 4.57 Å². The molecule has 0 aliphatic carbocycles. The second kappa shape index (κ2) is 8.97. The Morgan fingerprint density at radius 3 is 1.95 bits per heavy atom. The normalized spacial score (nSPS) is 13.5. The molecule has 0 unspecified atom stereocenters. The lowest BCUT2D eigenvalue weighted by Crippen LogP contribution is -2.24. The molecule has 7 aromatic rings. The maximum atomic E-state index is 6.31. The molecule has 0 amide bonds. The van der Waals surface area contributed by atoms with Crippen LogP contribution in [0.5, 0.6) is 11.5 Å². The van der Waals surface area contributed by atoms with E-state index in [0.717, 1.165) is 11.5 Å². The Labute approximate surface area is 240 Å². The molecule has 1 aliphatic rings. The van der Waals surface area contributed by atoms with Crippen molar-refractivity contribution in [3.05, 3.63) is 151 Å². The highest BCUT2D eigenvalue weighted by molar-refractivity contribution is 6.10. The van der Waals surface area contributed by atoms with Gasteiger partial charge in [0, 0.05) is 33.0 Å². The first kappa shape index (κ1) is 23.8. The Kier molecular flexibility index (Phi) is 5.20. The molecule has 6 aromatic carbocycles. The smallest absolute Gasteiger partial charge is 0.131 e. The van der Waals surface area contributed by atoms with E-state index in [2.05, 4.69) is 152 Å². The molecule has 0 radical (unpaired) electrons. The summed E-state index contributed by atoms with van der Waals surface area (Å²) in [5.41, 5.74) is 10.7. The van der Waals surface area contributed by atoms with Gasteiger partial charge in [-0.15, -0.1) is 0 Å². The Morgan fingerprint density at radius 1 is 0.463 bits per heavy atom. The van der Waals surface area contributed by atoms with E-state index in [-0.39, 0.29) is 5.41 Å². The lowest BCUT2D eigenvalue weighted by atomic mass is 9.75. The van der Waals surface area contributed by atoms with E-state index in [9.17, 15) is 0 Å². The Balaban J connectivity index is 1.24. The van der Waals surface area contributed by atoms with Crippen LogP contribution in [0.4, 0.5) is 0 Å². The number of rotatable bonds is 3. The van der Waals surface area contributed by atoms with Crippen LogP contribution < -0.4 is 4.74 Å². The van der Waals surface area contributed by atoms with Crippen LogP contribution in [-0.2, 0) is 5.41 Å². The van der Waals surface area contributed by atoms with Crippen molar-refractivity contribution in [2.45, 2.75) is 19.3 Å². The van der Waals surface area contributed by atoms with Crippen LogP contribution in [0.15, 0.2) is 140 Å². The summed E-state index contributed by atoms with van der Waals surface area (Å²) in [6.45, 7) is 4.57. The molecule has 2 heterocycles.